The maximum atomic E-state index is 11.0. The quantitative estimate of drug-likeness (QED) is 0.449. The van der Waals surface area contributed by atoms with Crippen LogP contribution in [0.2, 0.25) is 0 Å². The van der Waals surface area contributed by atoms with Gasteiger partial charge in [-0.05, 0) is 0 Å². The molecule has 0 aromatic carbocycles. The summed E-state index contributed by atoms with van der Waals surface area (Å²) in [4.78, 5) is 31.9. The first-order valence-corrected chi connectivity index (χ1v) is 4.67. The van der Waals surface area contributed by atoms with Crippen molar-refractivity contribution >= 4 is 17.8 Å². The van der Waals surface area contributed by atoms with Crippen LogP contribution < -0.4 is 10.6 Å². The molecule has 0 aliphatic heterocycles. The van der Waals surface area contributed by atoms with Crippen LogP contribution in [0.25, 0.3) is 0 Å². The molecule has 0 rings (SSSR count). The molecular weight excluding hydrogens is 200 g/mol. The maximum absolute atomic E-state index is 11.0. The van der Waals surface area contributed by atoms with Gasteiger partial charge in [0.1, 0.15) is 6.61 Å². The van der Waals surface area contributed by atoms with Gasteiger partial charge in [-0.3, -0.25) is 14.4 Å². The predicted octanol–water partition coefficient (Wildman–Crippen LogP) is -0.808. The van der Waals surface area contributed by atoms with Crippen LogP contribution in [0.15, 0.2) is 0 Å². The molecule has 15 heavy (non-hydrogen) atoms. The molecule has 0 bridgehead atoms. The van der Waals surface area contributed by atoms with Crippen LogP contribution in [0.5, 0.6) is 0 Å². The second kappa shape index (κ2) is 7.78. The van der Waals surface area contributed by atoms with Gasteiger partial charge in [0, 0.05) is 20.4 Å². The SMILES string of the molecule is CC(=O)NCCOC(=O)CCNC(C)=O. The third kappa shape index (κ3) is 10.3. The Kier molecular flexibility index (Phi) is 6.96. The lowest BCUT2D eigenvalue weighted by atomic mass is 10.4. The summed E-state index contributed by atoms with van der Waals surface area (Å²) in [5, 5.41) is 4.96. The highest BCUT2D eigenvalue weighted by atomic mass is 16.5. The highest BCUT2D eigenvalue weighted by Gasteiger charge is 2.02. The Morgan fingerprint density at radius 2 is 1.53 bits per heavy atom. The van der Waals surface area contributed by atoms with Gasteiger partial charge in [0.25, 0.3) is 0 Å². The second-order valence-electron chi connectivity index (χ2n) is 2.94. The van der Waals surface area contributed by atoms with E-state index in [0.717, 1.165) is 0 Å². The minimum absolute atomic E-state index is 0.139. The molecule has 2 amide bonds. The monoisotopic (exact) mass is 216 g/mol. The summed E-state index contributed by atoms with van der Waals surface area (Å²) in [6.45, 7) is 3.49. The van der Waals surface area contributed by atoms with E-state index in [-0.39, 0.29) is 31.4 Å². The summed E-state index contributed by atoms with van der Waals surface area (Å²) >= 11 is 0. The molecule has 0 aliphatic carbocycles. The van der Waals surface area contributed by atoms with Crippen molar-refractivity contribution in [1.29, 1.82) is 0 Å². The van der Waals surface area contributed by atoms with Gasteiger partial charge >= 0.3 is 5.97 Å². The zero-order valence-corrected chi connectivity index (χ0v) is 8.96. The van der Waals surface area contributed by atoms with E-state index >= 15 is 0 Å². The van der Waals surface area contributed by atoms with Gasteiger partial charge in [-0.15, -0.1) is 0 Å². The zero-order chi connectivity index (χ0) is 11.7. The minimum Gasteiger partial charge on any atom is -0.464 e. The Balaban J connectivity index is 3.33. The molecule has 0 unspecified atom stereocenters. The number of hydrogen-bond acceptors (Lipinski definition) is 4. The van der Waals surface area contributed by atoms with Crippen molar-refractivity contribution in [3.63, 3.8) is 0 Å². The molecule has 0 aromatic heterocycles. The number of nitrogens with one attached hydrogen (secondary N) is 2. The number of hydrogen-bond donors (Lipinski definition) is 2. The van der Waals surface area contributed by atoms with Gasteiger partial charge in [-0.25, -0.2) is 0 Å². The van der Waals surface area contributed by atoms with Crippen LogP contribution in [0.3, 0.4) is 0 Å². The fraction of sp³-hybridized carbons (Fsp3) is 0.667. The molecule has 0 saturated carbocycles. The molecule has 0 heterocycles. The molecule has 0 radical (unpaired) electrons. The fourth-order valence-electron chi connectivity index (χ4n) is 0.805. The van der Waals surface area contributed by atoms with Crippen LogP contribution in [0, 0.1) is 0 Å². The molecule has 6 nitrogen and oxygen atoms in total. The lowest BCUT2D eigenvalue weighted by Crippen LogP contribution is -2.27. The fourth-order valence-corrected chi connectivity index (χ4v) is 0.805. The van der Waals surface area contributed by atoms with Crippen molar-refractivity contribution in [2.75, 3.05) is 19.7 Å². The Hall–Kier alpha value is -1.59. The van der Waals surface area contributed by atoms with Crippen LogP contribution in [-0.2, 0) is 19.1 Å². The van der Waals surface area contributed by atoms with Crippen LogP contribution in [-0.4, -0.2) is 37.5 Å². The first kappa shape index (κ1) is 13.4. The van der Waals surface area contributed by atoms with Gasteiger partial charge < -0.3 is 15.4 Å². The molecule has 0 spiro atoms. The highest BCUT2D eigenvalue weighted by molar-refractivity contribution is 5.74. The average molecular weight is 216 g/mol. The number of amides is 2. The summed E-state index contributed by atoms with van der Waals surface area (Å²) in [5.41, 5.74) is 0. The molecule has 86 valence electrons. The van der Waals surface area contributed by atoms with E-state index in [1.165, 1.54) is 13.8 Å². The van der Waals surface area contributed by atoms with Crippen molar-refractivity contribution in [3.8, 4) is 0 Å². The lowest BCUT2D eigenvalue weighted by molar-refractivity contribution is -0.143. The van der Waals surface area contributed by atoms with Gasteiger partial charge in [-0.2, -0.15) is 0 Å². The Morgan fingerprint density at radius 3 is 2.07 bits per heavy atom. The van der Waals surface area contributed by atoms with E-state index in [4.69, 9.17) is 4.74 Å². The first-order chi connectivity index (χ1) is 7.02. The Morgan fingerprint density at radius 1 is 1.00 bits per heavy atom. The molecule has 2 N–H and O–H groups in total. The average Bonchev–Trinajstić information content (AvgIpc) is 2.11. The summed E-state index contributed by atoms with van der Waals surface area (Å²) < 4.78 is 4.77. The number of esters is 1. The van der Waals surface area contributed by atoms with Crippen molar-refractivity contribution in [2.24, 2.45) is 0 Å². The zero-order valence-electron chi connectivity index (χ0n) is 8.96. The largest absolute Gasteiger partial charge is 0.464 e. The number of rotatable bonds is 6. The van der Waals surface area contributed by atoms with Gasteiger partial charge in [0.2, 0.25) is 11.8 Å². The molecule has 6 heteroatoms. The molecule has 0 fully saturated rings. The minimum atomic E-state index is -0.394. The topological polar surface area (TPSA) is 84.5 Å². The third-order valence-electron chi connectivity index (χ3n) is 1.44. The summed E-state index contributed by atoms with van der Waals surface area (Å²) in [6, 6.07) is 0. The third-order valence-corrected chi connectivity index (χ3v) is 1.44. The number of ether oxygens (including phenoxy) is 1. The van der Waals surface area contributed by atoms with E-state index in [1.54, 1.807) is 0 Å². The lowest BCUT2D eigenvalue weighted by Gasteiger charge is -2.05. The molecule has 0 saturated heterocycles. The van der Waals surface area contributed by atoms with Gasteiger partial charge in [0.15, 0.2) is 0 Å². The van der Waals surface area contributed by atoms with Crippen LogP contribution in [0.1, 0.15) is 20.3 Å². The molecule has 0 aromatic rings. The highest BCUT2D eigenvalue weighted by Crippen LogP contribution is 1.84. The van der Waals surface area contributed by atoms with Crippen molar-refractivity contribution < 1.29 is 19.1 Å². The number of carbonyl (C=O) groups excluding carboxylic acids is 3. The smallest absolute Gasteiger partial charge is 0.307 e. The summed E-state index contributed by atoms with van der Waals surface area (Å²) in [6.07, 6.45) is 0.139. The van der Waals surface area contributed by atoms with E-state index in [1.807, 2.05) is 0 Å². The van der Waals surface area contributed by atoms with Gasteiger partial charge in [0.05, 0.1) is 13.0 Å². The van der Waals surface area contributed by atoms with Crippen molar-refractivity contribution in [2.45, 2.75) is 20.3 Å². The van der Waals surface area contributed by atoms with Gasteiger partial charge in [-0.1, -0.05) is 0 Å². The Bertz CT molecular complexity index is 240. The maximum Gasteiger partial charge on any atom is 0.307 e. The van der Waals surface area contributed by atoms with Crippen molar-refractivity contribution in [1.82, 2.24) is 10.6 Å². The standard InChI is InChI=1S/C9H16N2O4/c1-7(12)10-4-3-9(14)15-6-5-11-8(2)13/h3-6H2,1-2H3,(H,10,12)(H,11,13). The molecule has 0 aliphatic rings. The predicted molar refractivity (Wildman–Crippen MR) is 52.9 cm³/mol. The molecule has 0 atom stereocenters. The van der Waals surface area contributed by atoms with Crippen molar-refractivity contribution in [3.05, 3.63) is 0 Å². The normalized spacial score (nSPS) is 9.20. The van der Waals surface area contributed by atoms with E-state index in [9.17, 15) is 14.4 Å². The summed E-state index contributed by atoms with van der Waals surface area (Å²) in [7, 11) is 0. The second-order valence-corrected chi connectivity index (χ2v) is 2.94. The molecular formula is C9H16N2O4. The summed E-state index contributed by atoms with van der Waals surface area (Å²) in [5.74, 6) is -0.737. The Labute approximate surface area is 88.4 Å². The first-order valence-electron chi connectivity index (χ1n) is 4.67. The number of carbonyl (C=O) groups is 3. The van der Waals surface area contributed by atoms with Crippen LogP contribution >= 0.6 is 0 Å². The van der Waals surface area contributed by atoms with E-state index < -0.39 is 5.97 Å². The van der Waals surface area contributed by atoms with E-state index in [2.05, 4.69) is 10.6 Å². The van der Waals surface area contributed by atoms with E-state index in [0.29, 0.717) is 6.54 Å². The van der Waals surface area contributed by atoms with Crippen LogP contribution in [0.4, 0.5) is 0 Å².